The van der Waals surface area contributed by atoms with Gasteiger partial charge in [-0.05, 0) is 37.9 Å². The van der Waals surface area contributed by atoms with Crippen LogP contribution in [0.15, 0.2) is 24.3 Å². The van der Waals surface area contributed by atoms with Crippen molar-refractivity contribution in [1.82, 2.24) is 4.90 Å². The van der Waals surface area contributed by atoms with E-state index in [0.29, 0.717) is 31.3 Å². The number of carbonyl (C=O) groups excluding carboxylic acids is 2. The molecule has 0 radical (unpaired) electrons. The Morgan fingerprint density at radius 2 is 2.08 bits per heavy atom. The molecule has 3 rings (SSSR count). The molecule has 3 unspecified atom stereocenters. The van der Waals surface area contributed by atoms with Gasteiger partial charge in [0.2, 0.25) is 11.8 Å². The Bertz CT molecular complexity index is 634. The van der Waals surface area contributed by atoms with E-state index in [9.17, 15) is 9.59 Å². The van der Waals surface area contributed by atoms with Crippen LogP contribution in [0.4, 0.5) is 5.69 Å². The van der Waals surface area contributed by atoms with Gasteiger partial charge in [0, 0.05) is 25.6 Å². The number of para-hydroxylation sites is 2. The zero-order chi connectivity index (χ0) is 17.3. The maximum absolute atomic E-state index is 12.9. The quantitative estimate of drug-likeness (QED) is 0.901. The van der Waals surface area contributed by atoms with Crippen LogP contribution < -0.4 is 15.4 Å². The number of amides is 2. The molecular formula is C18H25N3O3. The summed E-state index contributed by atoms with van der Waals surface area (Å²) in [6.45, 7) is 3.78. The molecule has 3 atom stereocenters. The van der Waals surface area contributed by atoms with Gasteiger partial charge in [-0.3, -0.25) is 9.59 Å². The second-order valence-electron chi connectivity index (χ2n) is 6.75. The molecule has 1 aromatic rings. The van der Waals surface area contributed by atoms with Gasteiger partial charge in [0.1, 0.15) is 5.75 Å². The van der Waals surface area contributed by atoms with Crippen LogP contribution in [0.5, 0.6) is 5.75 Å². The van der Waals surface area contributed by atoms with Crippen molar-refractivity contribution in [2.75, 3.05) is 31.6 Å². The average Bonchev–Trinajstić information content (AvgIpc) is 3.17. The number of hydrogen-bond acceptors (Lipinski definition) is 4. The average molecular weight is 331 g/mol. The van der Waals surface area contributed by atoms with Gasteiger partial charge in [0.05, 0.1) is 18.7 Å². The summed E-state index contributed by atoms with van der Waals surface area (Å²) in [4.78, 5) is 28.9. The SMILES string of the molecule is COc1ccccc1N1CC(C(=O)N2CC(CN)CC2C)CC1=O. The summed E-state index contributed by atoms with van der Waals surface area (Å²) in [7, 11) is 1.58. The summed E-state index contributed by atoms with van der Waals surface area (Å²) in [5, 5.41) is 0. The van der Waals surface area contributed by atoms with Gasteiger partial charge in [-0.1, -0.05) is 12.1 Å². The van der Waals surface area contributed by atoms with Crippen LogP contribution in [0.2, 0.25) is 0 Å². The van der Waals surface area contributed by atoms with Crippen molar-refractivity contribution in [3.8, 4) is 5.75 Å². The molecule has 6 nitrogen and oxygen atoms in total. The Labute approximate surface area is 142 Å². The molecule has 2 N–H and O–H groups in total. The minimum atomic E-state index is -0.290. The van der Waals surface area contributed by atoms with Crippen molar-refractivity contribution < 1.29 is 14.3 Å². The molecule has 0 spiro atoms. The molecule has 24 heavy (non-hydrogen) atoms. The summed E-state index contributed by atoms with van der Waals surface area (Å²) in [6.07, 6.45) is 1.20. The van der Waals surface area contributed by atoms with Gasteiger partial charge in [-0.25, -0.2) is 0 Å². The summed E-state index contributed by atoms with van der Waals surface area (Å²) in [5.41, 5.74) is 6.48. The molecule has 2 aliphatic heterocycles. The maximum atomic E-state index is 12.9. The Balaban J connectivity index is 1.74. The third kappa shape index (κ3) is 2.98. The van der Waals surface area contributed by atoms with E-state index >= 15 is 0 Å². The Kier molecular flexibility index (Phi) is 4.76. The first-order valence-corrected chi connectivity index (χ1v) is 8.49. The number of carbonyl (C=O) groups is 2. The maximum Gasteiger partial charge on any atom is 0.228 e. The molecule has 0 bridgehead atoms. The lowest BCUT2D eigenvalue weighted by atomic mass is 10.1. The van der Waals surface area contributed by atoms with Crippen molar-refractivity contribution >= 4 is 17.5 Å². The lowest BCUT2D eigenvalue weighted by Crippen LogP contribution is -2.40. The smallest absolute Gasteiger partial charge is 0.228 e. The number of methoxy groups -OCH3 is 1. The fraction of sp³-hybridized carbons (Fsp3) is 0.556. The van der Waals surface area contributed by atoms with Gasteiger partial charge >= 0.3 is 0 Å². The van der Waals surface area contributed by atoms with Gasteiger partial charge in [0.25, 0.3) is 0 Å². The largest absolute Gasteiger partial charge is 0.495 e. The summed E-state index contributed by atoms with van der Waals surface area (Å²) < 4.78 is 5.34. The molecule has 2 heterocycles. The molecule has 2 aliphatic rings. The Hall–Kier alpha value is -2.08. The normalized spacial score (nSPS) is 27.0. The summed E-state index contributed by atoms with van der Waals surface area (Å²) in [6, 6.07) is 7.61. The zero-order valence-corrected chi connectivity index (χ0v) is 14.3. The highest BCUT2D eigenvalue weighted by molar-refractivity contribution is 6.01. The third-order valence-electron chi connectivity index (χ3n) is 5.13. The van der Waals surface area contributed by atoms with Gasteiger partial charge in [-0.15, -0.1) is 0 Å². The molecule has 6 heteroatoms. The number of nitrogens with zero attached hydrogens (tertiary/aromatic N) is 2. The summed E-state index contributed by atoms with van der Waals surface area (Å²) >= 11 is 0. The van der Waals surface area contributed by atoms with Gasteiger partial charge < -0.3 is 20.3 Å². The molecule has 0 aliphatic carbocycles. The molecule has 130 valence electrons. The predicted molar refractivity (Wildman–Crippen MR) is 91.8 cm³/mol. The van der Waals surface area contributed by atoms with Crippen LogP contribution in [-0.2, 0) is 9.59 Å². The number of anilines is 1. The molecule has 2 saturated heterocycles. The van der Waals surface area contributed by atoms with Crippen molar-refractivity contribution in [1.29, 1.82) is 0 Å². The van der Waals surface area contributed by atoms with Crippen LogP contribution in [-0.4, -0.2) is 49.5 Å². The first-order valence-electron chi connectivity index (χ1n) is 8.49. The zero-order valence-electron chi connectivity index (χ0n) is 14.3. The second-order valence-corrected chi connectivity index (χ2v) is 6.75. The predicted octanol–water partition coefficient (Wildman–Crippen LogP) is 1.24. The Morgan fingerprint density at radius 3 is 2.75 bits per heavy atom. The van der Waals surface area contributed by atoms with E-state index in [1.807, 2.05) is 29.2 Å². The van der Waals surface area contributed by atoms with E-state index in [-0.39, 0.29) is 30.2 Å². The monoisotopic (exact) mass is 331 g/mol. The topological polar surface area (TPSA) is 75.9 Å². The standard InChI is InChI=1S/C18H25N3O3/c1-12-7-13(9-19)10-20(12)18(23)14-8-17(22)21(11-14)15-5-3-4-6-16(15)24-2/h3-6,12-14H,7-11,19H2,1-2H3. The van der Waals surface area contributed by atoms with Gasteiger partial charge in [0.15, 0.2) is 0 Å². The van der Waals surface area contributed by atoms with Crippen LogP contribution in [0.1, 0.15) is 19.8 Å². The number of hydrogen-bond donors (Lipinski definition) is 1. The highest BCUT2D eigenvalue weighted by Gasteiger charge is 2.41. The van der Waals surface area contributed by atoms with E-state index in [1.54, 1.807) is 12.0 Å². The van der Waals surface area contributed by atoms with E-state index in [0.717, 1.165) is 12.1 Å². The minimum Gasteiger partial charge on any atom is -0.495 e. The summed E-state index contributed by atoms with van der Waals surface area (Å²) in [5.74, 6) is 0.772. The first kappa shape index (κ1) is 16.8. The van der Waals surface area contributed by atoms with E-state index in [2.05, 4.69) is 6.92 Å². The molecule has 1 aromatic carbocycles. The van der Waals surface area contributed by atoms with E-state index < -0.39 is 0 Å². The highest BCUT2D eigenvalue weighted by atomic mass is 16.5. The van der Waals surface area contributed by atoms with Crippen molar-refractivity contribution in [2.45, 2.75) is 25.8 Å². The number of ether oxygens (including phenoxy) is 1. The molecule has 0 saturated carbocycles. The lowest BCUT2D eigenvalue weighted by molar-refractivity contribution is -0.136. The highest BCUT2D eigenvalue weighted by Crippen LogP contribution is 2.34. The van der Waals surface area contributed by atoms with Gasteiger partial charge in [-0.2, -0.15) is 0 Å². The number of nitrogens with two attached hydrogens (primary N) is 1. The van der Waals surface area contributed by atoms with E-state index in [1.165, 1.54) is 0 Å². The fourth-order valence-electron chi connectivity index (χ4n) is 3.81. The number of benzene rings is 1. The Morgan fingerprint density at radius 1 is 1.33 bits per heavy atom. The van der Waals surface area contributed by atoms with Crippen molar-refractivity contribution in [2.24, 2.45) is 17.6 Å². The van der Waals surface area contributed by atoms with E-state index in [4.69, 9.17) is 10.5 Å². The molecule has 0 aromatic heterocycles. The van der Waals surface area contributed by atoms with Crippen LogP contribution in [0.3, 0.4) is 0 Å². The number of likely N-dealkylation sites (tertiary alicyclic amines) is 1. The fourth-order valence-corrected chi connectivity index (χ4v) is 3.81. The van der Waals surface area contributed by atoms with Crippen molar-refractivity contribution in [3.63, 3.8) is 0 Å². The molecule has 2 amide bonds. The van der Waals surface area contributed by atoms with Crippen LogP contribution in [0, 0.1) is 11.8 Å². The first-order chi connectivity index (χ1) is 11.5. The van der Waals surface area contributed by atoms with Crippen LogP contribution >= 0.6 is 0 Å². The van der Waals surface area contributed by atoms with Crippen LogP contribution in [0.25, 0.3) is 0 Å². The lowest BCUT2D eigenvalue weighted by Gasteiger charge is -2.25. The molecular weight excluding hydrogens is 306 g/mol. The van der Waals surface area contributed by atoms with Crippen molar-refractivity contribution in [3.05, 3.63) is 24.3 Å². The minimum absolute atomic E-state index is 0.0277. The third-order valence-corrected chi connectivity index (χ3v) is 5.13. The molecule has 2 fully saturated rings. The second kappa shape index (κ2) is 6.81. The number of rotatable bonds is 4.